The summed E-state index contributed by atoms with van der Waals surface area (Å²) in [6.45, 7) is 3.70. The number of nitrogens with zero attached hydrogens (tertiary/aromatic N) is 3. The highest BCUT2D eigenvalue weighted by atomic mass is 19.1. The number of aromatic nitrogens is 3. The summed E-state index contributed by atoms with van der Waals surface area (Å²) in [6, 6.07) is 20.1. The fourth-order valence-corrected chi connectivity index (χ4v) is 4.17. The number of rotatable bonds is 11. The maximum Gasteiger partial charge on any atom is 0.263 e. The molecule has 0 saturated heterocycles. The van der Waals surface area contributed by atoms with E-state index in [0.29, 0.717) is 29.3 Å². The smallest absolute Gasteiger partial charge is 0.263 e. The van der Waals surface area contributed by atoms with Gasteiger partial charge in [0.2, 0.25) is 5.95 Å². The molecule has 0 aliphatic carbocycles. The Hall–Kier alpha value is -3.84. The third-order valence-corrected chi connectivity index (χ3v) is 6.17. The van der Waals surface area contributed by atoms with E-state index in [9.17, 15) is 9.18 Å². The highest BCUT2D eigenvalue weighted by molar-refractivity contribution is 5.80. The molecule has 0 aliphatic heterocycles. The summed E-state index contributed by atoms with van der Waals surface area (Å²) in [4.78, 5) is 22.6. The zero-order chi connectivity index (χ0) is 25.3. The van der Waals surface area contributed by atoms with Gasteiger partial charge in [-0.1, -0.05) is 55.8 Å². The summed E-state index contributed by atoms with van der Waals surface area (Å²) in [5, 5.41) is 7.05. The molecule has 6 nitrogen and oxygen atoms in total. The first-order chi connectivity index (χ1) is 17.6. The lowest BCUT2D eigenvalue weighted by molar-refractivity contribution is 0.513. The van der Waals surface area contributed by atoms with Gasteiger partial charge < -0.3 is 10.6 Å². The molecule has 4 rings (SSSR count). The van der Waals surface area contributed by atoms with Gasteiger partial charge in [-0.25, -0.2) is 9.37 Å². The van der Waals surface area contributed by atoms with Gasteiger partial charge in [0.1, 0.15) is 5.82 Å². The van der Waals surface area contributed by atoms with E-state index in [1.54, 1.807) is 31.6 Å². The zero-order valence-corrected chi connectivity index (χ0v) is 20.7. The molecule has 0 unspecified atom stereocenters. The molecule has 186 valence electrons. The Labute approximate surface area is 211 Å². The number of pyridine rings is 1. The predicted molar refractivity (Wildman–Crippen MR) is 143 cm³/mol. The number of benzene rings is 2. The van der Waals surface area contributed by atoms with Crippen molar-refractivity contribution in [1.29, 1.82) is 0 Å². The van der Waals surface area contributed by atoms with Gasteiger partial charge in [0.25, 0.3) is 5.56 Å². The number of anilines is 1. The van der Waals surface area contributed by atoms with Crippen LogP contribution in [0.5, 0.6) is 0 Å². The molecule has 2 N–H and O–H groups in total. The average molecular weight is 486 g/mol. The highest BCUT2D eigenvalue weighted by Crippen LogP contribution is 2.28. The van der Waals surface area contributed by atoms with Gasteiger partial charge in [-0.3, -0.25) is 14.3 Å². The molecule has 0 aliphatic rings. The molecule has 7 heteroatoms. The van der Waals surface area contributed by atoms with Crippen LogP contribution in [0.4, 0.5) is 10.3 Å². The van der Waals surface area contributed by atoms with Crippen molar-refractivity contribution < 1.29 is 4.39 Å². The van der Waals surface area contributed by atoms with E-state index in [-0.39, 0.29) is 17.4 Å². The summed E-state index contributed by atoms with van der Waals surface area (Å²) < 4.78 is 15.1. The first-order valence-corrected chi connectivity index (χ1v) is 12.4. The Kier molecular flexibility index (Phi) is 8.57. The van der Waals surface area contributed by atoms with E-state index in [4.69, 9.17) is 4.98 Å². The van der Waals surface area contributed by atoms with Crippen LogP contribution in [-0.4, -0.2) is 33.7 Å². The highest BCUT2D eigenvalue weighted by Gasteiger charge is 2.19. The van der Waals surface area contributed by atoms with Crippen molar-refractivity contribution in [1.82, 2.24) is 19.9 Å². The zero-order valence-electron chi connectivity index (χ0n) is 20.7. The first kappa shape index (κ1) is 25.3. The van der Waals surface area contributed by atoms with Crippen LogP contribution >= 0.6 is 0 Å². The molecule has 0 saturated carbocycles. The number of halogens is 1. The van der Waals surface area contributed by atoms with Gasteiger partial charge in [0, 0.05) is 37.6 Å². The van der Waals surface area contributed by atoms with Gasteiger partial charge in [-0.2, -0.15) is 0 Å². The molecular weight excluding hydrogens is 453 g/mol. The van der Waals surface area contributed by atoms with Crippen molar-refractivity contribution in [3.63, 3.8) is 0 Å². The van der Waals surface area contributed by atoms with E-state index >= 15 is 0 Å². The van der Waals surface area contributed by atoms with Crippen LogP contribution in [0, 0.1) is 5.82 Å². The molecule has 0 bridgehead atoms. The quantitative estimate of drug-likeness (QED) is 0.291. The molecule has 1 atom stereocenters. The molecule has 36 heavy (non-hydrogen) atoms. The van der Waals surface area contributed by atoms with Crippen LogP contribution in [0.3, 0.4) is 0 Å². The van der Waals surface area contributed by atoms with Gasteiger partial charge in [0.05, 0.1) is 11.3 Å². The van der Waals surface area contributed by atoms with E-state index in [1.807, 2.05) is 30.3 Å². The van der Waals surface area contributed by atoms with E-state index in [1.165, 1.54) is 22.3 Å². The van der Waals surface area contributed by atoms with Crippen LogP contribution in [-0.2, 0) is 13.5 Å². The van der Waals surface area contributed by atoms with E-state index < -0.39 is 0 Å². The summed E-state index contributed by atoms with van der Waals surface area (Å²) >= 11 is 0. The molecular formula is C29H32FN5O. The number of hydrogen-bond acceptors (Lipinski definition) is 5. The summed E-state index contributed by atoms with van der Waals surface area (Å²) in [7, 11) is 1.71. The van der Waals surface area contributed by atoms with Gasteiger partial charge >= 0.3 is 0 Å². The molecule has 4 aromatic rings. The number of hydrogen-bond donors (Lipinski definition) is 2. The van der Waals surface area contributed by atoms with Crippen LogP contribution in [0.1, 0.15) is 25.3 Å². The molecule has 0 spiro atoms. The third kappa shape index (κ3) is 6.23. The standard InChI is InChI=1S/C29H32FN5O/c1-3-4-16-32-25(19-21-8-6-5-7-9-21)20-33-29-34-27(23-14-17-31-18-15-23)26(28(36)35(29)2)22-10-12-24(30)13-11-22/h5-15,17-18,25,32H,3-4,16,19-20H2,1-2H3,(H,33,34)/t25-/m0/s1. The van der Waals surface area contributed by atoms with E-state index in [0.717, 1.165) is 31.4 Å². The molecule has 2 aromatic carbocycles. The van der Waals surface area contributed by atoms with Crippen LogP contribution in [0.25, 0.3) is 22.4 Å². The second kappa shape index (κ2) is 12.2. The van der Waals surface area contributed by atoms with Gasteiger partial charge in [-0.05, 0) is 54.8 Å². The minimum atomic E-state index is -0.354. The Balaban J connectivity index is 1.67. The average Bonchev–Trinajstić information content (AvgIpc) is 2.91. The lowest BCUT2D eigenvalue weighted by atomic mass is 10.0. The summed E-state index contributed by atoms with van der Waals surface area (Å²) in [6.07, 6.45) is 6.42. The van der Waals surface area contributed by atoms with Gasteiger partial charge in [-0.15, -0.1) is 0 Å². The van der Waals surface area contributed by atoms with Crippen LogP contribution in [0.2, 0.25) is 0 Å². The Morgan fingerprint density at radius 1 is 0.972 bits per heavy atom. The Bertz CT molecular complexity index is 1310. The van der Waals surface area contributed by atoms with Crippen molar-refractivity contribution >= 4 is 5.95 Å². The van der Waals surface area contributed by atoms with E-state index in [2.05, 4.69) is 34.7 Å². The second-order valence-corrected chi connectivity index (χ2v) is 8.84. The molecule has 0 amide bonds. The largest absolute Gasteiger partial charge is 0.354 e. The normalized spacial score (nSPS) is 11.9. The predicted octanol–water partition coefficient (Wildman–Crippen LogP) is 5.06. The fraction of sp³-hybridized carbons (Fsp3) is 0.276. The second-order valence-electron chi connectivity index (χ2n) is 8.84. The van der Waals surface area contributed by atoms with Gasteiger partial charge in [0.15, 0.2) is 0 Å². The summed E-state index contributed by atoms with van der Waals surface area (Å²) in [5.74, 6) is 0.125. The maximum atomic E-state index is 13.6. The van der Waals surface area contributed by atoms with Crippen molar-refractivity contribution in [2.24, 2.45) is 7.05 Å². The Morgan fingerprint density at radius 3 is 2.39 bits per heavy atom. The fourth-order valence-electron chi connectivity index (χ4n) is 4.17. The number of unbranched alkanes of at least 4 members (excludes halogenated alkanes) is 1. The molecule has 2 aromatic heterocycles. The molecule has 0 fully saturated rings. The van der Waals surface area contributed by atoms with Crippen LogP contribution in [0.15, 0.2) is 83.9 Å². The topological polar surface area (TPSA) is 71.8 Å². The maximum absolute atomic E-state index is 13.6. The monoisotopic (exact) mass is 485 g/mol. The number of nitrogens with one attached hydrogen (secondary N) is 2. The minimum absolute atomic E-state index is 0.164. The SMILES string of the molecule is CCCCN[C@H](CNc1nc(-c2ccncc2)c(-c2ccc(F)cc2)c(=O)n1C)Cc1ccccc1. The van der Waals surface area contributed by atoms with Crippen LogP contribution < -0.4 is 16.2 Å². The lowest BCUT2D eigenvalue weighted by Crippen LogP contribution is -2.39. The van der Waals surface area contributed by atoms with Crippen molar-refractivity contribution in [2.45, 2.75) is 32.2 Å². The van der Waals surface area contributed by atoms with Crippen molar-refractivity contribution in [2.75, 3.05) is 18.4 Å². The first-order valence-electron chi connectivity index (χ1n) is 12.4. The Morgan fingerprint density at radius 2 is 1.69 bits per heavy atom. The molecule has 2 heterocycles. The molecule has 0 radical (unpaired) electrons. The van der Waals surface area contributed by atoms with Crippen molar-refractivity contribution in [3.8, 4) is 22.4 Å². The summed E-state index contributed by atoms with van der Waals surface area (Å²) in [5.41, 5.74) is 3.39. The lowest BCUT2D eigenvalue weighted by Gasteiger charge is -2.21. The third-order valence-electron chi connectivity index (χ3n) is 6.17. The van der Waals surface area contributed by atoms with Crippen molar-refractivity contribution in [3.05, 3.63) is 101 Å². The minimum Gasteiger partial charge on any atom is -0.354 e.